The zero-order valence-corrected chi connectivity index (χ0v) is 15.2. The Balaban J connectivity index is 1.46. The van der Waals surface area contributed by atoms with E-state index >= 15 is 0 Å². The number of methoxy groups -OCH3 is 1. The van der Waals surface area contributed by atoms with Gasteiger partial charge in [-0.25, -0.2) is 9.59 Å². The number of benzene rings is 1. The molecule has 26 heavy (non-hydrogen) atoms. The Kier molecular flexibility index (Phi) is 5.51. The monoisotopic (exact) mass is 361 g/mol. The van der Waals surface area contributed by atoms with Crippen LogP contribution in [-0.4, -0.2) is 36.9 Å². The highest BCUT2D eigenvalue weighted by molar-refractivity contribution is 5.81. The summed E-state index contributed by atoms with van der Waals surface area (Å²) >= 11 is 0. The van der Waals surface area contributed by atoms with E-state index in [1.807, 2.05) is 30.3 Å². The lowest BCUT2D eigenvalue weighted by Gasteiger charge is -2.72. The second-order valence-corrected chi connectivity index (χ2v) is 7.82. The van der Waals surface area contributed by atoms with Crippen molar-refractivity contribution in [3.05, 3.63) is 35.9 Å². The maximum Gasteiger partial charge on any atom is 0.408 e. The first-order chi connectivity index (χ1) is 12.5. The van der Waals surface area contributed by atoms with E-state index < -0.39 is 18.1 Å². The molecule has 3 fully saturated rings. The van der Waals surface area contributed by atoms with E-state index in [0.717, 1.165) is 50.7 Å². The number of nitrogens with one attached hydrogen (secondary N) is 1. The molecule has 3 saturated carbocycles. The Morgan fingerprint density at radius 1 is 1.19 bits per heavy atom. The third-order valence-electron chi connectivity index (χ3n) is 5.82. The maximum absolute atomic E-state index is 12.0. The van der Waals surface area contributed by atoms with Crippen LogP contribution in [-0.2, 0) is 20.9 Å². The minimum atomic E-state index is -0.977. The van der Waals surface area contributed by atoms with Gasteiger partial charge in [0.1, 0.15) is 12.6 Å². The van der Waals surface area contributed by atoms with Crippen molar-refractivity contribution in [2.75, 3.05) is 13.7 Å². The molecule has 4 rings (SSSR count). The van der Waals surface area contributed by atoms with E-state index in [2.05, 4.69) is 5.32 Å². The molecule has 1 unspecified atom stereocenters. The second kappa shape index (κ2) is 7.66. The average Bonchev–Trinajstić information content (AvgIpc) is 2.56. The van der Waals surface area contributed by atoms with Crippen LogP contribution >= 0.6 is 0 Å². The molecule has 142 valence electrons. The van der Waals surface area contributed by atoms with Crippen molar-refractivity contribution >= 4 is 12.1 Å². The SMILES string of the molecule is COCCCCC12CC(C(NC(=O)OCc3ccccc3)C(=O)O)(C1)C2. The fourth-order valence-electron chi connectivity index (χ4n) is 4.76. The first-order valence-corrected chi connectivity index (χ1v) is 9.18. The molecule has 1 atom stereocenters. The number of carboxylic acid groups (broad SMARTS) is 1. The number of rotatable bonds is 10. The number of alkyl carbamates (subject to hydrolysis) is 1. The number of carbonyl (C=O) groups is 2. The van der Waals surface area contributed by atoms with Gasteiger partial charge in [-0.15, -0.1) is 0 Å². The first kappa shape index (κ1) is 18.7. The van der Waals surface area contributed by atoms with Crippen LogP contribution in [0.15, 0.2) is 30.3 Å². The zero-order valence-electron chi connectivity index (χ0n) is 15.2. The molecule has 0 saturated heterocycles. The normalized spacial score (nSPS) is 27.0. The lowest BCUT2D eigenvalue weighted by Crippen LogP contribution is -2.71. The molecule has 6 heteroatoms. The molecule has 6 nitrogen and oxygen atoms in total. The van der Waals surface area contributed by atoms with Crippen LogP contribution in [0.1, 0.15) is 44.1 Å². The summed E-state index contributed by atoms with van der Waals surface area (Å²) in [6.45, 7) is 0.906. The van der Waals surface area contributed by atoms with Crippen molar-refractivity contribution < 1.29 is 24.2 Å². The summed E-state index contributed by atoms with van der Waals surface area (Å²) in [7, 11) is 1.70. The molecule has 1 amide bonds. The van der Waals surface area contributed by atoms with Crippen molar-refractivity contribution in [2.45, 2.75) is 51.2 Å². The van der Waals surface area contributed by atoms with Crippen LogP contribution in [0.5, 0.6) is 0 Å². The summed E-state index contributed by atoms with van der Waals surface area (Å²) in [6.07, 6.45) is 5.23. The standard InChI is InChI=1S/C20H27NO5/c1-25-10-6-5-9-19-12-20(13-19,14-19)16(17(22)23)21-18(24)26-11-15-7-3-2-4-8-15/h2-4,7-8,16H,5-6,9-14H2,1H3,(H,21,24)(H,22,23). The van der Waals surface area contributed by atoms with Crippen LogP contribution in [0, 0.1) is 10.8 Å². The molecule has 0 heterocycles. The van der Waals surface area contributed by atoms with E-state index in [9.17, 15) is 14.7 Å². The van der Waals surface area contributed by atoms with E-state index in [-0.39, 0.29) is 17.4 Å². The van der Waals surface area contributed by atoms with Crippen LogP contribution in [0.4, 0.5) is 4.79 Å². The highest BCUT2D eigenvalue weighted by Gasteiger charge is 2.71. The Hall–Kier alpha value is -2.08. The third kappa shape index (κ3) is 3.85. The number of hydrogen-bond donors (Lipinski definition) is 2. The average molecular weight is 361 g/mol. The number of unbranched alkanes of at least 4 members (excludes halogenated alkanes) is 1. The molecule has 2 N–H and O–H groups in total. The molecule has 3 aliphatic rings. The largest absolute Gasteiger partial charge is 0.480 e. The topological polar surface area (TPSA) is 84.9 Å². The fourth-order valence-corrected chi connectivity index (χ4v) is 4.76. The molecule has 0 spiro atoms. The van der Waals surface area contributed by atoms with Gasteiger partial charge in [-0.3, -0.25) is 0 Å². The van der Waals surface area contributed by atoms with Gasteiger partial charge < -0.3 is 19.9 Å². The molecular weight excluding hydrogens is 334 g/mol. The molecule has 0 aliphatic heterocycles. The van der Waals surface area contributed by atoms with E-state index in [4.69, 9.17) is 9.47 Å². The Bertz CT molecular complexity index is 625. The smallest absolute Gasteiger partial charge is 0.408 e. The fraction of sp³-hybridized carbons (Fsp3) is 0.600. The lowest BCUT2D eigenvalue weighted by atomic mass is 9.32. The summed E-state index contributed by atoms with van der Waals surface area (Å²) in [6, 6.07) is 8.46. The van der Waals surface area contributed by atoms with Gasteiger partial charge in [-0.05, 0) is 43.1 Å². The van der Waals surface area contributed by atoms with E-state index in [1.165, 1.54) is 0 Å². The molecular formula is C20H27NO5. The summed E-state index contributed by atoms with van der Waals surface area (Å²) in [5.41, 5.74) is 0.866. The van der Waals surface area contributed by atoms with Gasteiger partial charge in [0, 0.05) is 19.1 Å². The molecule has 0 aromatic heterocycles. The second-order valence-electron chi connectivity index (χ2n) is 7.82. The molecule has 1 aromatic rings. The molecule has 1 aromatic carbocycles. The lowest BCUT2D eigenvalue weighted by molar-refractivity contribution is -0.228. The predicted octanol–water partition coefficient (Wildman–Crippen LogP) is 3.35. The van der Waals surface area contributed by atoms with Gasteiger partial charge in [0.2, 0.25) is 0 Å². The van der Waals surface area contributed by atoms with Crippen LogP contribution in [0.3, 0.4) is 0 Å². The number of carbonyl (C=O) groups excluding carboxylic acids is 1. The van der Waals surface area contributed by atoms with Crippen LogP contribution in [0.25, 0.3) is 0 Å². The number of amides is 1. The van der Waals surface area contributed by atoms with Crippen molar-refractivity contribution in [3.8, 4) is 0 Å². The van der Waals surface area contributed by atoms with Gasteiger partial charge in [0.05, 0.1) is 0 Å². The van der Waals surface area contributed by atoms with Crippen molar-refractivity contribution in [1.29, 1.82) is 0 Å². The molecule has 2 bridgehead atoms. The Labute approximate surface area is 153 Å². The van der Waals surface area contributed by atoms with Crippen molar-refractivity contribution in [2.24, 2.45) is 10.8 Å². The Morgan fingerprint density at radius 3 is 2.50 bits per heavy atom. The quantitative estimate of drug-likeness (QED) is 0.624. The minimum absolute atomic E-state index is 0.134. The summed E-state index contributed by atoms with van der Waals surface area (Å²) in [5.74, 6) is -0.977. The summed E-state index contributed by atoms with van der Waals surface area (Å²) in [4.78, 5) is 23.7. The first-order valence-electron chi connectivity index (χ1n) is 9.18. The van der Waals surface area contributed by atoms with Gasteiger partial charge >= 0.3 is 12.1 Å². The minimum Gasteiger partial charge on any atom is -0.480 e. The number of hydrogen-bond acceptors (Lipinski definition) is 4. The van der Waals surface area contributed by atoms with Crippen molar-refractivity contribution in [3.63, 3.8) is 0 Å². The van der Waals surface area contributed by atoms with Gasteiger partial charge in [-0.1, -0.05) is 36.8 Å². The molecule has 3 aliphatic carbocycles. The highest BCUT2D eigenvalue weighted by Crippen LogP contribution is 2.76. The Morgan fingerprint density at radius 2 is 1.88 bits per heavy atom. The number of aliphatic carboxylic acids is 1. The summed E-state index contributed by atoms with van der Waals surface area (Å²) < 4.78 is 10.2. The van der Waals surface area contributed by atoms with Gasteiger partial charge in [0.15, 0.2) is 0 Å². The highest BCUT2D eigenvalue weighted by atomic mass is 16.5. The third-order valence-corrected chi connectivity index (χ3v) is 5.82. The number of carboxylic acids is 1. The van der Waals surface area contributed by atoms with Gasteiger partial charge in [-0.2, -0.15) is 0 Å². The van der Waals surface area contributed by atoms with E-state index in [1.54, 1.807) is 7.11 Å². The number of ether oxygens (including phenoxy) is 2. The van der Waals surface area contributed by atoms with E-state index in [0.29, 0.717) is 0 Å². The van der Waals surface area contributed by atoms with Crippen molar-refractivity contribution in [1.82, 2.24) is 5.32 Å². The molecule has 0 radical (unpaired) electrons. The van der Waals surface area contributed by atoms with Gasteiger partial charge in [0.25, 0.3) is 0 Å². The van der Waals surface area contributed by atoms with Crippen LogP contribution in [0.2, 0.25) is 0 Å². The summed E-state index contributed by atoms with van der Waals surface area (Å²) in [5, 5.41) is 12.2. The predicted molar refractivity (Wildman–Crippen MR) is 95.6 cm³/mol. The zero-order chi connectivity index (χ0) is 18.6. The van der Waals surface area contributed by atoms with Crippen LogP contribution < -0.4 is 5.32 Å². The maximum atomic E-state index is 12.0.